The molecule has 3 rings (SSSR count). The number of nitrogens with two attached hydrogens (primary N) is 1. The normalized spacial score (nSPS) is 18.2. The van der Waals surface area contributed by atoms with Gasteiger partial charge in [0.1, 0.15) is 10.7 Å². The van der Waals surface area contributed by atoms with E-state index >= 15 is 0 Å². The molecule has 26 heavy (non-hydrogen) atoms. The van der Waals surface area contributed by atoms with Crippen molar-refractivity contribution in [2.45, 2.75) is 19.4 Å². The van der Waals surface area contributed by atoms with E-state index in [2.05, 4.69) is 32.1 Å². The van der Waals surface area contributed by atoms with Gasteiger partial charge in [0.15, 0.2) is 5.82 Å². The standard InChI is InChI=1S/C16H14N6O4/c1-2-3-10(23)19-8-4-5-22(7-8)14-12-11(9(6-18-14)13(17)24)20-15(25)16(26)21-12/h6,8H,4-5,7H2,1H3,(H2,17,24)(H,19,23)/t8-/m0/s1. The van der Waals surface area contributed by atoms with Gasteiger partial charge in [-0.2, -0.15) is 4.99 Å². The SMILES string of the molecule is CC#CC(=O)N[C@H]1CCN(c2ncc(C(N)=O)c3c2=NC(=O)C(=O)N=3)C1. The monoisotopic (exact) mass is 354 g/mol. The zero-order chi connectivity index (χ0) is 18.8. The van der Waals surface area contributed by atoms with Gasteiger partial charge in [-0.3, -0.25) is 19.2 Å². The minimum Gasteiger partial charge on any atom is -0.365 e. The molecule has 10 nitrogen and oxygen atoms in total. The minimum atomic E-state index is -1.07. The van der Waals surface area contributed by atoms with E-state index in [0.717, 1.165) is 0 Å². The molecule has 0 spiro atoms. The first-order valence-corrected chi connectivity index (χ1v) is 7.73. The highest BCUT2D eigenvalue weighted by molar-refractivity contribution is 6.36. The second-order valence-electron chi connectivity index (χ2n) is 5.67. The third-order valence-electron chi connectivity index (χ3n) is 3.94. The molecule has 0 saturated carbocycles. The molecule has 4 amide bonds. The van der Waals surface area contributed by atoms with Crippen molar-refractivity contribution >= 4 is 29.4 Å². The molecular weight excluding hydrogens is 340 g/mol. The number of carbonyl (C=O) groups is 4. The first kappa shape index (κ1) is 17.2. The van der Waals surface area contributed by atoms with E-state index in [9.17, 15) is 19.2 Å². The van der Waals surface area contributed by atoms with Crippen molar-refractivity contribution in [2.24, 2.45) is 15.7 Å². The number of carbonyl (C=O) groups excluding carboxylic acids is 4. The molecule has 3 heterocycles. The third-order valence-corrected chi connectivity index (χ3v) is 3.94. The maximum Gasteiger partial charge on any atom is 0.338 e. The summed E-state index contributed by atoms with van der Waals surface area (Å²) in [6.45, 7) is 2.50. The number of rotatable bonds is 3. The minimum absolute atomic E-state index is 0.0335. The highest BCUT2D eigenvalue weighted by Gasteiger charge is 2.28. The fourth-order valence-corrected chi connectivity index (χ4v) is 2.81. The zero-order valence-corrected chi connectivity index (χ0v) is 13.8. The molecule has 0 bridgehead atoms. The van der Waals surface area contributed by atoms with Crippen molar-refractivity contribution < 1.29 is 19.2 Å². The predicted molar refractivity (Wildman–Crippen MR) is 87.3 cm³/mol. The van der Waals surface area contributed by atoms with Crippen molar-refractivity contribution in [1.82, 2.24) is 10.3 Å². The van der Waals surface area contributed by atoms with Gasteiger partial charge in [0.2, 0.25) is 0 Å². The number of hydrogen-bond donors (Lipinski definition) is 2. The molecule has 2 aliphatic heterocycles. The van der Waals surface area contributed by atoms with Gasteiger partial charge in [-0.05, 0) is 19.3 Å². The van der Waals surface area contributed by atoms with Crippen LogP contribution in [0.4, 0.5) is 5.82 Å². The van der Waals surface area contributed by atoms with Crippen LogP contribution < -0.4 is 26.7 Å². The highest BCUT2D eigenvalue weighted by atomic mass is 16.2. The Morgan fingerprint density at radius 3 is 2.62 bits per heavy atom. The van der Waals surface area contributed by atoms with Crippen LogP contribution in [0.5, 0.6) is 0 Å². The molecule has 1 aromatic heterocycles. The van der Waals surface area contributed by atoms with Crippen LogP contribution in [0.3, 0.4) is 0 Å². The fourth-order valence-electron chi connectivity index (χ4n) is 2.81. The van der Waals surface area contributed by atoms with E-state index in [1.807, 2.05) is 0 Å². The fraction of sp³-hybridized carbons (Fsp3) is 0.312. The van der Waals surface area contributed by atoms with Crippen LogP contribution in [0.2, 0.25) is 0 Å². The molecule has 2 aliphatic rings. The quantitative estimate of drug-likeness (QED) is 0.443. The number of primary amides is 1. The van der Waals surface area contributed by atoms with E-state index in [1.165, 1.54) is 6.20 Å². The lowest BCUT2D eigenvalue weighted by Gasteiger charge is -2.18. The Bertz CT molecular complexity index is 1020. The Hall–Kier alpha value is -3.61. The van der Waals surface area contributed by atoms with E-state index in [-0.39, 0.29) is 28.2 Å². The Morgan fingerprint density at radius 2 is 1.96 bits per heavy atom. The summed E-state index contributed by atoms with van der Waals surface area (Å²) in [5, 5.41) is 2.75. The summed E-state index contributed by atoms with van der Waals surface area (Å²) in [6.07, 6.45) is 1.84. The summed E-state index contributed by atoms with van der Waals surface area (Å²) in [4.78, 5) is 59.6. The zero-order valence-electron chi connectivity index (χ0n) is 13.8. The van der Waals surface area contributed by atoms with E-state index in [4.69, 9.17) is 5.73 Å². The topological polar surface area (TPSA) is 147 Å². The maximum atomic E-state index is 11.6. The average Bonchev–Trinajstić information content (AvgIpc) is 3.03. The van der Waals surface area contributed by atoms with Gasteiger partial charge in [0.05, 0.1) is 5.56 Å². The number of fused-ring (bicyclic) bond motifs is 1. The smallest absolute Gasteiger partial charge is 0.338 e. The van der Waals surface area contributed by atoms with Crippen LogP contribution in [0.25, 0.3) is 0 Å². The lowest BCUT2D eigenvalue weighted by atomic mass is 10.2. The Morgan fingerprint density at radius 1 is 1.27 bits per heavy atom. The molecule has 1 fully saturated rings. The van der Waals surface area contributed by atoms with Crippen molar-refractivity contribution in [2.75, 3.05) is 18.0 Å². The number of hydrogen-bond acceptors (Lipinski definition) is 6. The molecule has 0 radical (unpaired) electrons. The summed E-state index contributed by atoms with van der Waals surface area (Å²) in [7, 11) is 0. The number of aromatic nitrogens is 1. The highest BCUT2D eigenvalue weighted by Crippen LogP contribution is 2.14. The second-order valence-corrected chi connectivity index (χ2v) is 5.67. The number of amides is 4. The van der Waals surface area contributed by atoms with Crippen LogP contribution >= 0.6 is 0 Å². The predicted octanol–water partition coefficient (Wildman–Crippen LogP) is -2.80. The summed E-state index contributed by atoms with van der Waals surface area (Å²) in [5.74, 6) is 1.92. The molecule has 0 aliphatic carbocycles. The van der Waals surface area contributed by atoms with Crippen molar-refractivity contribution in [3.8, 4) is 11.8 Å². The Balaban J connectivity index is 1.98. The van der Waals surface area contributed by atoms with Crippen LogP contribution in [0.1, 0.15) is 23.7 Å². The van der Waals surface area contributed by atoms with Crippen molar-refractivity contribution in [3.63, 3.8) is 0 Å². The molecule has 0 aromatic carbocycles. The molecule has 10 heteroatoms. The van der Waals surface area contributed by atoms with Crippen molar-refractivity contribution in [3.05, 3.63) is 22.5 Å². The summed E-state index contributed by atoms with van der Waals surface area (Å²) >= 11 is 0. The molecule has 1 atom stereocenters. The first-order chi connectivity index (χ1) is 12.4. The maximum absolute atomic E-state index is 11.6. The lowest BCUT2D eigenvalue weighted by molar-refractivity contribution is -0.135. The molecule has 3 N–H and O–H groups in total. The van der Waals surface area contributed by atoms with Crippen LogP contribution in [0.15, 0.2) is 16.2 Å². The molecule has 1 aromatic rings. The van der Waals surface area contributed by atoms with Crippen molar-refractivity contribution in [1.29, 1.82) is 0 Å². The summed E-state index contributed by atoms with van der Waals surface area (Å²) in [5.41, 5.74) is 5.19. The third kappa shape index (κ3) is 3.14. The first-order valence-electron chi connectivity index (χ1n) is 7.73. The van der Waals surface area contributed by atoms with Crippen LogP contribution in [-0.4, -0.2) is 47.7 Å². The van der Waals surface area contributed by atoms with Gasteiger partial charge in [-0.1, -0.05) is 5.92 Å². The van der Waals surface area contributed by atoms with Gasteiger partial charge in [-0.15, -0.1) is 0 Å². The Kier molecular flexibility index (Phi) is 4.45. The van der Waals surface area contributed by atoms with E-state index < -0.39 is 17.7 Å². The average molecular weight is 354 g/mol. The number of nitrogens with one attached hydrogen (secondary N) is 1. The molecular formula is C16H14N6O4. The lowest BCUT2D eigenvalue weighted by Crippen LogP contribution is -2.45. The Labute approximate surface area is 147 Å². The van der Waals surface area contributed by atoms with E-state index in [0.29, 0.717) is 25.3 Å². The number of pyridine rings is 1. The number of nitrogens with zero attached hydrogens (tertiary/aromatic N) is 4. The molecule has 1 saturated heterocycles. The summed E-state index contributed by atoms with van der Waals surface area (Å²) < 4.78 is 0. The van der Waals surface area contributed by atoms with Gasteiger partial charge >= 0.3 is 11.8 Å². The largest absolute Gasteiger partial charge is 0.365 e. The van der Waals surface area contributed by atoms with Gasteiger partial charge < -0.3 is 16.0 Å². The second kappa shape index (κ2) is 6.72. The van der Waals surface area contributed by atoms with Gasteiger partial charge in [0.25, 0.3) is 11.8 Å². The van der Waals surface area contributed by atoms with E-state index in [1.54, 1.807) is 11.8 Å². The number of anilines is 1. The van der Waals surface area contributed by atoms with Crippen LogP contribution in [0, 0.1) is 11.8 Å². The van der Waals surface area contributed by atoms with Gasteiger partial charge in [-0.25, -0.2) is 9.98 Å². The van der Waals surface area contributed by atoms with Crippen LogP contribution in [-0.2, 0) is 14.4 Å². The summed E-state index contributed by atoms with van der Waals surface area (Å²) in [6, 6.07) is -0.158. The molecule has 132 valence electrons. The molecule has 0 unspecified atom stereocenters. The van der Waals surface area contributed by atoms with Gasteiger partial charge in [0, 0.05) is 25.3 Å².